The summed E-state index contributed by atoms with van der Waals surface area (Å²) in [6, 6.07) is 6.04. The standard InChI is InChI=1S/C14H24N2O/c1-10-7-8-12(17-6)11(9-10)13(15)14(2,3)16(4)5/h7-9,13H,15H2,1-6H3. The average Bonchev–Trinajstić information content (AvgIpc) is 2.27. The van der Waals surface area contributed by atoms with Crippen molar-refractivity contribution in [1.29, 1.82) is 0 Å². The summed E-state index contributed by atoms with van der Waals surface area (Å²) in [5.41, 5.74) is 8.53. The summed E-state index contributed by atoms with van der Waals surface area (Å²) in [7, 11) is 5.77. The van der Waals surface area contributed by atoms with Crippen LogP contribution in [0.25, 0.3) is 0 Å². The minimum absolute atomic E-state index is 0.0904. The SMILES string of the molecule is COc1ccc(C)cc1C(N)C(C)(C)N(C)C. The zero-order valence-electron chi connectivity index (χ0n) is 11.7. The first-order valence-electron chi connectivity index (χ1n) is 5.88. The van der Waals surface area contributed by atoms with E-state index in [-0.39, 0.29) is 11.6 Å². The molecule has 0 spiro atoms. The maximum absolute atomic E-state index is 6.40. The van der Waals surface area contributed by atoms with Crippen molar-refractivity contribution in [2.75, 3.05) is 21.2 Å². The monoisotopic (exact) mass is 236 g/mol. The Bertz CT molecular complexity index is 386. The van der Waals surface area contributed by atoms with Crippen molar-refractivity contribution < 1.29 is 4.74 Å². The van der Waals surface area contributed by atoms with Crippen LogP contribution >= 0.6 is 0 Å². The summed E-state index contributed by atoms with van der Waals surface area (Å²) in [6.07, 6.45) is 0. The quantitative estimate of drug-likeness (QED) is 0.872. The van der Waals surface area contributed by atoms with Crippen molar-refractivity contribution in [1.82, 2.24) is 4.90 Å². The number of ether oxygens (including phenoxy) is 1. The van der Waals surface area contributed by atoms with E-state index in [0.29, 0.717) is 0 Å². The first kappa shape index (κ1) is 14.0. The van der Waals surface area contributed by atoms with Gasteiger partial charge in [0.1, 0.15) is 5.75 Å². The molecule has 3 nitrogen and oxygen atoms in total. The maximum atomic E-state index is 6.40. The minimum Gasteiger partial charge on any atom is -0.496 e. The number of hydrogen-bond acceptors (Lipinski definition) is 3. The van der Waals surface area contributed by atoms with Gasteiger partial charge in [-0.3, -0.25) is 0 Å². The molecule has 0 aliphatic carbocycles. The summed E-state index contributed by atoms with van der Waals surface area (Å²) in [5.74, 6) is 0.859. The number of benzene rings is 1. The van der Waals surface area contributed by atoms with E-state index >= 15 is 0 Å². The fourth-order valence-corrected chi connectivity index (χ4v) is 1.76. The summed E-state index contributed by atoms with van der Waals surface area (Å²) in [4.78, 5) is 2.14. The van der Waals surface area contributed by atoms with Crippen molar-refractivity contribution in [2.24, 2.45) is 5.73 Å². The predicted octanol–water partition coefficient (Wildman–Crippen LogP) is 2.34. The Morgan fingerprint density at radius 2 is 1.88 bits per heavy atom. The molecule has 96 valence electrons. The van der Waals surface area contributed by atoms with E-state index in [4.69, 9.17) is 10.5 Å². The topological polar surface area (TPSA) is 38.5 Å². The Kier molecular flexibility index (Phi) is 4.17. The highest BCUT2D eigenvalue weighted by Crippen LogP contribution is 2.33. The Hall–Kier alpha value is -1.06. The molecule has 1 aromatic carbocycles. The average molecular weight is 236 g/mol. The van der Waals surface area contributed by atoms with E-state index < -0.39 is 0 Å². The van der Waals surface area contributed by atoms with E-state index in [1.807, 2.05) is 26.2 Å². The highest BCUT2D eigenvalue weighted by Gasteiger charge is 2.31. The number of aryl methyl sites for hydroxylation is 1. The molecule has 1 atom stereocenters. The normalized spacial score (nSPS) is 13.9. The fraction of sp³-hybridized carbons (Fsp3) is 0.571. The molecule has 1 rings (SSSR count). The summed E-state index contributed by atoms with van der Waals surface area (Å²) in [6.45, 7) is 6.34. The largest absolute Gasteiger partial charge is 0.496 e. The van der Waals surface area contributed by atoms with Gasteiger partial charge in [-0.25, -0.2) is 0 Å². The molecule has 0 heterocycles. The number of hydrogen-bond donors (Lipinski definition) is 1. The van der Waals surface area contributed by atoms with E-state index in [0.717, 1.165) is 11.3 Å². The van der Waals surface area contributed by atoms with Crippen molar-refractivity contribution in [3.05, 3.63) is 29.3 Å². The smallest absolute Gasteiger partial charge is 0.123 e. The van der Waals surface area contributed by atoms with Gasteiger partial charge in [-0.15, -0.1) is 0 Å². The summed E-state index contributed by atoms with van der Waals surface area (Å²) in [5, 5.41) is 0. The van der Waals surface area contributed by atoms with Crippen LogP contribution in [0.15, 0.2) is 18.2 Å². The molecule has 17 heavy (non-hydrogen) atoms. The summed E-state index contributed by atoms with van der Waals surface area (Å²) >= 11 is 0. The lowest BCUT2D eigenvalue weighted by Crippen LogP contribution is -2.47. The first-order valence-corrected chi connectivity index (χ1v) is 5.88. The fourth-order valence-electron chi connectivity index (χ4n) is 1.76. The molecule has 0 aliphatic heterocycles. The van der Waals surface area contributed by atoms with Gasteiger partial charge >= 0.3 is 0 Å². The van der Waals surface area contributed by atoms with Crippen LogP contribution in [-0.4, -0.2) is 31.6 Å². The Morgan fingerprint density at radius 1 is 1.29 bits per heavy atom. The van der Waals surface area contributed by atoms with E-state index in [2.05, 4.69) is 31.7 Å². The van der Waals surface area contributed by atoms with Crippen LogP contribution in [0.4, 0.5) is 0 Å². The predicted molar refractivity (Wildman–Crippen MR) is 72.4 cm³/mol. The molecule has 2 N–H and O–H groups in total. The lowest BCUT2D eigenvalue weighted by Gasteiger charge is -2.38. The lowest BCUT2D eigenvalue weighted by atomic mass is 9.87. The molecule has 0 bridgehead atoms. The molecule has 3 heteroatoms. The Morgan fingerprint density at radius 3 is 2.35 bits per heavy atom. The van der Waals surface area contributed by atoms with E-state index in [1.54, 1.807) is 7.11 Å². The van der Waals surface area contributed by atoms with Crippen LogP contribution in [0.5, 0.6) is 5.75 Å². The van der Waals surface area contributed by atoms with Crippen LogP contribution in [0.1, 0.15) is 31.0 Å². The molecular weight excluding hydrogens is 212 g/mol. The van der Waals surface area contributed by atoms with Crippen LogP contribution in [0.2, 0.25) is 0 Å². The van der Waals surface area contributed by atoms with Gasteiger partial charge in [-0.1, -0.05) is 17.7 Å². The van der Waals surface area contributed by atoms with E-state index in [9.17, 15) is 0 Å². The molecule has 0 saturated carbocycles. The number of methoxy groups -OCH3 is 1. The highest BCUT2D eigenvalue weighted by atomic mass is 16.5. The van der Waals surface area contributed by atoms with Crippen LogP contribution in [-0.2, 0) is 0 Å². The van der Waals surface area contributed by atoms with Gasteiger partial charge in [0.25, 0.3) is 0 Å². The van der Waals surface area contributed by atoms with Crippen LogP contribution in [0.3, 0.4) is 0 Å². The van der Waals surface area contributed by atoms with Gasteiger partial charge in [-0.2, -0.15) is 0 Å². The number of nitrogens with zero attached hydrogens (tertiary/aromatic N) is 1. The highest BCUT2D eigenvalue weighted by molar-refractivity contribution is 5.40. The molecule has 0 fully saturated rings. The van der Waals surface area contributed by atoms with Gasteiger partial charge < -0.3 is 15.4 Å². The third-order valence-electron chi connectivity index (χ3n) is 3.63. The molecule has 0 saturated heterocycles. The molecule has 1 aromatic rings. The van der Waals surface area contributed by atoms with Crippen LogP contribution in [0, 0.1) is 6.92 Å². The van der Waals surface area contributed by atoms with Crippen molar-refractivity contribution >= 4 is 0 Å². The minimum atomic E-state index is -0.124. The van der Waals surface area contributed by atoms with Gasteiger partial charge in [0.2, 0.25) is 0 Å². The molecule has 0 aliphatic rings. The summed E-state index contributed by atoms with van der Waals surface area (Å²) < 4.78 is 5.40. The zero-order chi connectivity index (χ0) is 13.2. The Balaban J connectivity index is 3.19. The maximum Gasteiger partial charge on any atom is 0.123 e. The first-order chi connectivity index (χ1) is 7.80. The second kappa shape index (κ2) is 5.07. The van der Waals surface area contributed by atoms with Crippen molar-refractivity contribution in [2.45, 2.75) is 32.4 Å². The van der Waals surface area contributed by atoms with Gasteiger partial charge in [0.05, 0.1) is 13.2 Å². The second-order valence-electron chi connectivity index (χ2n) is 5.27. The van der Waals surface area contributed by atoms with Crippen molar-refractivity contribution in [3.8, 4) is 5.75 Å². The third-order valence-corrected chi connectivity index (χ3v) is 3.63. The second-order valence-corrected chi connectivity index (χ2v) is 5.27. The number of nitrogens with two attached hydrogens (primary N) is 1. The molecule has 0 amide bonds. The van der Waals surface area contributed by atoms with Gasteiger partial charge in [0.15, 0.2) is 0 Å². The number of likely N-dealkylation sites (N-methyl/N-ethyl adjacent to an activating group) is 1. The van der Waals surface area contributed by atoms with Crippen LogP contribution < -0.4 is 10.5 Å². The Labute approximate surface area is 105 Å². The van der Waals surface area contributed by atoms with Gasteiger partial charge in [0, 0.05) is 11.1 Å². The number of rotatable bonds is 4. The van der Waals surface area contributed by atoms with Gasteiger partial charge in [-0.05, 0) is 40.9 Å². The zero-order valence-corrected chi connectivity index (χ0v) is 11.7. The van der Waals surface area contributed by atoms with Crippen molar-refractivity contribution in [3.63, 3.8) is 0 Å². The molecular formula is C14H24N2O. The molecule has 0 aromatic heterocycles. The molecule has 0 radical (unpaired) electrons. The third kappa shape index (κ3) is 2.79. The van der Waals surface area contributed by atoms with E-state index in [1.165, 1.54) is 5.56 Å². The molecule has 1 unspecified atom stereocenters. The lowest BCUT2D eigenvalue weighted by molar-refractivity contribution is 0.157.